The third-order valence-electron chi connectivity index (χ3n) is 5.66. The quantitative estimate of drug-likeness (QED) is 0.339. The number of benzene rings is 1. The molecule has 3 aromatic rings. The monoisotopic (exact) mass is 490 g/mol. The van der Waals surface area contributed by atoms with Gasteiger partial charge in [-0.25, -0.2) is 4.98 Å². The molecule has 0 amide bonds. The lowest BCUT2D eigenvalue weighted by Gasteiger charge is -2.30. The first kappa shape index (κ1) is 21.1. The van der Waals surface area contributed by atoms with Crippen molar-refractivity contribution in [1.29, 1.82) is 0 Å². The molecule has 2 heterocycles. The molecule has 2 aromatic heterocycles. The summed E-state index contributed by atoms with van der Waals surface area (Å²) in [6.07, 6.45) is 6.34. The predicted molar refractivity (Wildman–Crippen MR) is 125 cm³/mol. The molecule has 160 valence electrons. The maximum atomic E-state index is 11.5. The number of hydrogen-bond donors (Lipinski definition) is 3. The van der Waals surface area contributed by atoms with Crippen molar-refractivity contribution in [3.8, 4) is 0 Å². The summed E-state index contributed by atoms with van der Waals surface area (Å²) in [5.41, 5.74) is 1.56. The van der Waals surface area contributed by atoms with Crippen LogP contribution in [0.5, 0.6) is 0 Å². The van der Waals surface area contributed by atoms with Crippen molar-refractivity contribution >= 4 is 55.2 Å². The van der Waals surface area contributed by atoms with Gasteiger partial charge >= 0.3 is 0 Å². The van der Waals surface area contributed by atoms with Crippen LogP contribution in [-0.4, -0.2) is 38.7 Å². The zero-order valence-corrected chi connectivity index (χ0v) is 19.0. The number of anilines is 3. The Morgan fingerprint density at radius 1 is 1.23 bits per heavy atom. The van der Waals surface area contributed by atoms with Crippen LogP contribution >= 0.6 is 15.9 Å². The summed E-state index contributed by atoms with van der Waals surface area (Å²) >= 11 is 3.52. The molecule has 4 rings (SSSR count). The molecule has 0 radical (unpaired) electrons. The van der Waals surface area contributed by atoms with E-state index in [1.165, 1.54) is 12.8 Å². The smallest absolute Gasteiger partial charge is 0.173 e. The van der Waals surface area contributed by atoms with Crippen molar-refractivity contribution in [2.75, 3.05) is 23.8 Å². The lowest BCUT2D eigenvalue weighted by Crippen LogP contribution is -2.28. The Labute approximate surface area is 186 Å². The average Bonchev–Trinajstić information content (AvgIpc) is 3.14. The van der Waals surface area contributed by atoms with Crippen LogP contribution in [0.25, 0.3) is 5.65 Å². The topological polar surface area (TPSA) is 91.5 Å². The van der Waals surface area contributed by atoms with Crippen LogP contribution < -0.4 is 10.6 Å². The van der Waals surface area contributed by atoms with Gasteiger partial charge in [-0.15, -0.1) is 4.90 Å². The van der Waals surface area contributed by atoms with Crippen molar-refractivity contribution in [1.82, 2.24) is 14.6 Å². The van der Waals surface area contributed by atoms with E-state index in [4.69, 9.17) is 4.98 Å². The normalized spacial score (nSPS) is 19.3. The molecular formula is C21H25BrN5O2S-. The molecule has 1 aliphatic rings. The number of halogens is 1. The maximum Gasteiger partial charge on any atom is 0.173 e. The third kappa shape index (κ3) is 4.63. The van der Waals surface area contributed by atoms with Gasteiger partial charge < -0.3 is 19.9 Å². The highest BCUT2D eigenvalue weighted by molar-refractivity contribution is 9.10. The summed E-state index contributed by atoms with van der Waals surface area (Å²) < 4.78 is 14.1. The number of nitrogens with one attached hydrogen (secondary N) is 2. The number of aliphatic hydroxyl groups excluding tert-OH is 1. The molecule has 0 spiro atoms. The van der Waals surface area contributed by atoms with Crippen molar-refractivity contribution < 1.29 is 9.32 Å². The van der Waals surface area contributed by atoms with Gasteiger partial charge in [0.2, 0.25) is 0 Å². The second-order valence-corrected chi connectivity index (χ2v) is 9.63. The molecule has 1 aromatic carbocycles. The Morgan fingerprint density at radius 2 is 1.97 bits per heavy atom. The summed E-state index contributed by atoms with van der Waals surface area (Å²) in [5, 5.41) is 20.9. The van der Waals surface area contributed by atoms with E-state index in [9.17, 15) is 9.32 Å². The second kappa shape index (κ2) is 9.36. The van der Waals surface area contributed by atoms with Crippen molar-refractivity contribution in [3.05, 3.63) is 41.0 Å². The molecule has 2 atom stereocenters. The van der Waals surface area contributed by atoms with Crippen LogP contribution in [0.4, 0.5) is 17.3 Å². The number of aromatic nitrogens is 3. The average molecular weight is 491 g/mol. The van der Waals surface area contributed by atoms with E-state index < -0.39 is 10.4 Å². The molecule has 9 heteroatoms. The van der Waals surface area contributed by atoms with Gasteiger partial charge in [-0.3, -0.25) is 10.4 Å². The molecule has 1 aliphatic carbocycles. The van der Waals surface area contributed by atoms with E-state index in [2.05, 4.69) is 37.5 Å². The Hall–Kier alpha value is -2.10. The highest BCUT2D eigenvalue weighted by Crippen LogP contribution is 2.30. The minimum absolute atomic E-state index is 0.244. The number of aliphatic hydroxyl groups is 1. The summed E-state index contributed by atoms with van der Waals surface area (Å²) in [4.78, 5) is 5.38. The summed E-state index contributed by atoms with van der Waals surface area (Å²) in [7, 11) is -1.25. The minimum atomic E-state index is -1.25. The molecule has 7 nitrogen and oxygen atoms in total. The Kier molecular flexibility index (Phi) is 6.60. The number of hydrogen-bond acceptors (Lipinski definition) is 7. The van der Waals surface area contributed by atoms with Gasteiger partial charge in [-0.2, -0.15) is 15.5 Å². The van der Waals surface area contributed by atoms with Gasteiger partial charge in [0.25, 0.3) is 0 Å². The molecular weight excluding hydrogens is 466 g/mol. The van der Waals surface area contributed by atoms with Crippen LogP contribution in [-0.2, 0) is 14.6 Å². The molecule has 0 bridgehead atoms. The summed E-state index contributed by atoms with van der Waals surface area (Å²) in [6, 6.07) is 9.24. The van der Waals surface area contributed by atoms with E-state index in [0.717, 1.165) is 41.2 Å². The molecule has 1 fully saturated rings. The predicted octanol–water partition coefficient (Wildman–Crippen LogP) is 4.20. The van der Waals surface area contributed by atoms with Crippen LogP contribution in [0.1, 0.15) is 25.7 Å². The fourth-order valence-corrected chi connectivity index (χ4v) is 4.77. The molecule has 1 saturated carbocycles. The Morgan fingerprint density at radius 3 is 2.67 bits per heavy atom. The number of nitrogens with zero attached hydrogens (tertiary/aromatic N) is 3. The van der Waals surface area contributed by atoms with E-state index >= 15 is 0 Å². The molecule has 30 heavy (non-hydrogen) atoms. The zero-order chi connectivity index (χ0) is 21.1. The fraction of sp³-hybridized carbons (Fsp3) is 0.381. The van der Waals surface area contributed by atoms with Gasteiger partial charge in [0, 0.05) is 24.9 Å². The zero-order valence-electron chi connectivity index (χ0n) is 16.6. The van der Waals surface area contributed by atoms with Crippen molar-refractivity contribution in [2.45, 2.75) is 30.6 Å². The Balaban J connectivity index is 1.58. The van der Waals surface area contributed by atoms with Crippen LogP contribution in [0.15, 0.2) is 45.9 Å². The van der Waals surface area contributed by atoms with Crippen LogP contribution in [0.2, 0.25) is 0 Å². The first-order chi connectivity index (χ1) is 14.5. The van der Waals surface area contributed by atoms with Crippen LogP contribution in [0, 0.1) is 11.8 Å². The lowest BCUT2D eigenvalue weighted by molar-refractivity contribution is 0.141. The third-order valence-corrected chi connectivity index (χ3v) is 7.02. The SMILES string of the molecule is C=[S-](=O)c1ccc(Nc2cc(NCC3CCCCC3CO)nc3c(Br)cnn23)cc1. The van der Waals surface area contributed by atoms with Gasteiger partial charge in [-0.05, 0) is 52.7 Å². The second-order valence-electron chi connectivity index (χ2n) is 7.62. The number of fused-ring (bicyclic) bond motifs is 1. The molecule has 3 N–H and O–H groups in total. The van der Waals surface area contributed by atoms with Gasteiger partial charge in [0.05, 0.1) is 10.7 Å². The standard InChI is InChI=1S/C21H25BrN5O2S/c1-30(29)17-8-6-16(7-9-17)25-20-10-19(26-21-18(22)12-24-27(20)21)23-11-14-4-2-3-5-15(14)13-28/h6-10,12,14-15,25,28H,1-5,11,13H2,(H,23,26)/q-1. The largest absolute Gasteiger partial charge is 0.457 e. The molecule has 0 saturated heterocycles. The summed E-state index contributed by atoms with van der Waals surface area (Å²) in [5.74, 6) is 5.86. The number of rotatable bonds is 7. The van der Waals surface area contributed by atoms with Crippen molar-refractivity contribution in [3.63, 3.8) is 0 Å². The maximum absolute atomic E-state index is 11.5. The van der Waals surface area contributed by atoms with Crippen LogP contribution in [0.3, 0.4) is 0 Å². The molecule has 2 unspecified atom stereocenters. The van der Waals surface area contributed by atoms with Gasteiger partial charge in [-0.1, -0.05) is 25.0 Å². The van der Waals surface area contributed by atoms with Gasteiger partial charge in [0.15, 0.2) is 5.65 Å². The minimum Gasteiger partial charge on any atom is -0.457 e. The fourth-order valence-electron chi connectivity index (χ4n) is 3.98. The highest BCUT2D eigenvalue weighted by atomic mass is 79.9. The Bertz CT molecular complexity index is 1090. The van der Waals surface area contributed by atoms with E-state index in [0.29, 0.717) is 22.4 Å². The summed E-state index contributed by atoms with van der Waals surface area (Å²) in [6.45, 7) is 1.03. The lowest BCUT2D eigenvalue weighted by atomic mass is 9.79. The van der Waals surface area contributed by atoms with E-state index in [1.807, 2.05) is 18.2 Å². The van der Waals surface area contributed by atoms with E-state index in [-0.39, 0.29) is 6.61 Å². The highest BCUT2D eigenvalue weighted by Gasteiger charge is 2.24. The van der Waals surface area contributed by atoms with Crippen molar-refractivity contribution in [2.24, 2.45) is 11.8 Å². The van der Waals surface area contributed by atoms with Gasteiger partial charge in [0.1, 0.15) is 11.6 Å². The first-order valence-corrected chi connectivity index (χ1v) is 12.1. The van der Waals surface area contributed by atoms with E-state index in [1.54, 1.807) is 22.8 Å². The first-order valence-electron chi connectivity index (χ1n) is 10.0. The molecule has 0 aliphatic heterocycles.